The van der Waals surface area contributed by atoms with E-state index < -0.39 is 0 Å². The minimum absolute atomic E-state index is 0.0544. The van der Waals surface area contributed by atoms with Gasteiger partial charge in [0.05, 0.1) is 5.02 Å². The van der Waals surface area contributed by atoms with E-state index in [1.807, 2.05) is 6.92 Å². The van der Waals surface area contributed by atoms with E-state index in [-0.39, 0.29) is 12.4 Å². The first-order chi connectivity index (χ1) is 6.65. The Balaban J connectivity index is 2.76. The first-order valence-electron chi connectivity index (χ1n) is 4.21. The van der Waals surface area contributed by atoms with Crippen LogP contribution in [-0.4, -0.2) is 19.0 Å². The molecule has 0 saturated carbocycles. The van der Waals surface area contributed by atoms with Crippen molar-refractivity contribution >= 4 is 33.3 Å². The molecular weight excluding hydrogens is 267 g/mol. The van der Waals surface area contributed by atoms with Crippen molar-refractivity contribution in [3.05, 3.63) is 33.3 Å². The lowest BCUT2D eigenvalue weighted by Gasteiger charge is -2.02. The normalized spacial score (nSPS) is 10.2. The van der Waals surface area contributed by atoms with Crippen molar-refractivity contribution in [2.75, 3.05) is 13.2 Å². The van der Waals surface area contributed by atoms with Gasteiger partial charge in [0, 0.05) is 16.6 Å². The molecule has 1 aromatic rings. The van der Waals surface area contributed by atoms with Crippen molar-refractivity contribution in [3.8, 4) is 0 Å². The summed E-state index contributed by atoms with van der Waals surface area (Å²) in [5.74, 6) is -0.0544. The number of benzene rings is 1. The summed E-state index contributed by atoms with van der Waals surface area (Å²) >= 11 is 9.11. The standard InChI is InChI=1S/C10H10BrClO2/c1-2-14-6-10(13)7-3-4-8(11)9(12)5-7/h3-5H,2,6H2,1H3. The minimum atomic E-state index is -0.0544. The number of halogens is 2. The van der Waals surface area contributed by atoms with Crippen LogP contribution >= 0.6 is 27.5 Å². The molecule has 4 heteroatoms. The molecule has 14 heavy (non-hydrogen) atoms. The molecule has 0 aliphatic heterocycles. The van der Waals surface area contributed by atoms with Crippen LogP contribution in [0.15, 0.2) is 22.7 Å². The average molecular weight is 278 g/mol. The summed E-state index contributed by atoms with van der Waals surface area (Å²) in [6.45, 7) is 2.49. The summed E-state index contributed by atoms with van der Waals surface area (Å²) in [5, 5.41) is 0.535. The molecule has 76 valence electrons. The van der Waals surface area contributed by atoms with E-state index in [2.05, 4.69) is 15.9 Å². The lowest BCUT2D eigenvalue weighted by atomic mass is 10.1. The van der Waals surface area contributed by atoms with Crippen LogP contribution in [0.1, 0.15) is 17.3 Å². The van der Waals surface area contributed by atoms with Crippen LogP contribution in [-0.2, 0) is 4.74 Å². The van der Waals surface area contributed by atoms with Gasteiger partial charge in [-0.05, 0) is 35.0 Å². The highest BCUT2D eigenvalue weighted by Crippen LogP contribution is 2.23. The molecule has 0 spiro atoms. The van der Waals surface area contributed by atoms with Crippen LogP contribution < -0.4 is 0 Å². The fourth-order valence-electron chi connectivity index (χ4n) is 0.948. The molecule has 0 heterocycles. The molecule has 0 fully saturated rings. The maximum absolute atomic E-state index is 11.5. The Morgan fingerprint density at radius 2 is 2.29 bits per heavy atom. The van der Waals surface area contributed by atoms with Crippen LogP contribution in [0.25, 0.3) is 0 Å². The first-order valence-corrected chi connectivity index (χ1v) is 5.38. The van der Waals surface area contributed by atoms with Crippen molar-refractivity contribution < 1.29 is 9.53 Å². The van der Waals surface area contributed by atoms with E-state index in [0.717, 1.165) is 4.47 Å². The molecule has 0 unspecified atom stereocenters. The third-order valence-electron chi connectivity index (χ3n) is 1.68. The van der Waals surface area contributed by atoms with Crippen LogP contribution in [0.3, 0.4) is 0 Å². The highest BCUT2D eigenvalue weighted by atomic mass is 79.9. The van der Waals surface area contributed by atoms with E-state index in [4.69, 9.17) is 16.3 Å². The van der Waals surface area contributed by atoms with Crippen LogP contribution in [0.5, 0.6) is 0 Å². The van der Waals surface area contributed by atoms with Crippen molar-refractivity contribution in [1.29, 1.82) is 0 Å². The summed E-state index contributed by atoms with van der Waals surface area (Å²) < 4.78 is 5.80. The predicted octanol–water partition coefficient (Wildman–Crippen LogP) is 3.32. The number of hydrogen-bond donors (Lipinski definition) is 0. The van der Waals surface area contributed by atoms with Gasteiger partial charge in [-0.2, -0.15) is 0 Å². The van der Waals surface area contributed by atoms with E-state index in [0.29, 0.717) is 17.2 Å². The third kappa shape index (κ3) is 3.08. The number of carbonyl (C=O) groups is 1. The zero-order valence-electron chi connectivity index (χ0n) is 7.72. The molecule has 0 aliphatic rings. The lowest BCUT2D eigenvalue weighted by molar-refractivity contribution is 0.0783. The summed E-state index contributed by atoms with van der Waals surface area (Å²) in [4.78, 5) is 11.5. The van der Waals surface area contributed by atoms with Crippen LogP contribution in [0, 0.1) is 0 Å². The van der Waals surface area contributed by atoms with Gasteiger partial charge in [0.25, 0.3) is 0 Å². The van der Waals surface area contributed by atoms with Gasteiger partial charge in [-0.1, -0.05) is 17.7 Å². The first kappa shape index (κ1) is 11.7. The molecule has 0 N–H and O–H groups in total. The van der Waals surface area contributed by atoms with E-state index >= 15 is 0 Å². The maximum atomic E-state index is 11.5. The SMILES string of the molecule is CCOCC(=O)c1ccc(Br)c(Cl)c1. The second-order valence-corrected chi connectivity index (χ2v) is 3.95. The van der Waals surface area contributed by atoms with Gasteiger partial charge in [-0.15, -0.1) is 0 Å². The topological polar surface area (TPSA) is 26.3 Å². The Hall–Kier alpha value is -0.380. The molecule has 0 amide bonds. The summed E-state index contributed by atoms with van der Waals surface area (Å²) in [6, 6.07) is 5.10. The zero-order valence-corrected chi connectivity index (χ0v) is 10.1. The van der Waals surface area contributed by atoms with Gasteiger partial charge in [-0.25, -0.2) is 0 Å². The molecule has 1 aromatic carbocycles. The number of carbonyl (C=O) groups excluding carboxylic acids is 1. The fraction of sp³-hybridized carbons (Fsp3) is 0.300. The smallest absolute Gasteiger partial charge is 0.188 e. The van der Waals surface area contributed by atoms with Crippen molar-refractivity contribution in [3.63, 3.8) is 0 Å². The molecule has 0 radical (unpaired) electrons. The van der Waals surface area contributed by atoms with Crippen molar-refractivity contribution in [2.45, 2.75) is 6.92 Å². The molecular formula is C10H10BrClO2. The summed E-state index contributed by atoms with van der Waals surface area (Å²) in [5.41, 5.74) is 0.576. The Labute approximate surface area is 96.3 Å². The van der Waals surface area contributed by atoms with Crippen molar-refractivity contribution in [1.82, 2.24) is 0 Å². The largest absolute Gasteiger partial charge is 0.374 e. The molecule has 0 aliphatic carbocycles. The Bertz CT molecular complexity index is 339. The van der Waals surface area contributed by atoms with Crippen LogP contribution in [0.4, 0.5) is 0 Å². The highest BCUT2D eigenvalue weighted by molar-refractivity contribution is 9.10. The Morgan fingerprint density at radius 1 is 1.57 bits per heavy atom. The summed E-state index contributed by atoms with van der Waals surface area (Å²) in [6.07, 6.45) is 0. The quantitative estimate of drug-likeness (QED) is 0.789. The molecule has 0 aromatic heterocycles. The van der Waals surface area contributed by atoms with Gasteiger partial charge in [0.2, 0.25) is 0 Å². The average Bonchev–Trinajstić information content (AvgIpc) is 2.18. The number of hydrogen-bond acceptors (Lipinski definition) is 2. The van der Waals surface area contributed by atoms with Crippen molar-refractivity contribution in [2.24, 2.45) is 0 Å². The number of ketones is 1. The highest BCUT2D eigenvalue weighted by Gasteiger charge is 2.07. The molecule has 0 atom stereocenters. The lowest BCUT2D eigenvalue weighted by Crippen LogP contribution is -2.08. The second-order valence-electron chi connectivity index (χ2n) is 2.69. The molecule has 0 bridgehead atoms. The van der Waals surface area contributed by atoms with E-state index in [9.17, 15) is 4.79 Å². The number of ether oxygens (including phenoxy) is 1. The van der Waals surface area contributed by atoms with E-state index in [1.165, 1.54) is 0 Å². The summed E-state index contributed by atoms with van der Waals surface area (Å²) in [7, 11) is 0. The molecule has 2 nitrogen and oxygen atoms in total. The van der Waals surface area contributed by atoms with E-state index in [1.54, 1.807) is 18.2 Å². The fourth-order valence-corrected chi connectivity index (χ4v) is 1.37. The minimum Gasteiger partial charge on any atom is -0.374 e. The van der Waals surface area contributed by atoms with Gasteiger partial charge >= 0.3 is 0 Å². The zero-order chi connectivity index (χ0) is 10.6. The Kier molecular flexibility index (Phi) is 4.58. The molecule has 0 saturated heterocycles. The Morgan fingerprint density at radius 3 is 2.86 bits per heavy atom. The van der Waals surface area contributed by atoms with Crippen LogP contribution in [0.2, 0.25) is 5.02 Å². The van der Waals surface area contributed by atoms with Gasteiger partial charge < -0.3 is 4.74 Å². The third-order valence-corrected chi connectivity index (χ3v) is 2.91. The van der Waals surface area contributed by atoms with Gasteiger partial charge in [-0.3, -0.25) is 4.79 Å². The molecule has 1 rings (SSSR count). The van der Waals surface area contributed by atoms with Gasteiger partial charge in [0.1, 0.15) is 6.61 Å². The predicted molar refractivity (Wildman–Crippen MR) is 60.0 cm³/mol. The van der Waals surface area contributed by atoms with Gasteiger partial charge in [0.15, 0.2) is 5.78 Å². The second kappa shape index (κ2) is 5.49. The number of rotatable bonds is 4. The maximum Gasteiger partial charge on any atom is 0.188 e. The number of Topliss-reactive ketones (excluding diaryl/α,β-unsaturated/α-hetero) is 1. The monoisotopic (exact) mass is 276 g/mol.